The molecule has 1 heterocycles. The molecule has 7 nitrogen and oxygen atoms in total. The lowest BCUT2D eigenvalue weighted by molar-refractivity contribution is -0.139. The Bertz CT molecular complexity index is 776. The molecule has 1 atom stereocenters. The first-order valence-corrected chi connectivity index (χ1v) is 9.15. The maximum absolute atomic E-state index is 12.9. The van der Waals surface area contributed by atoms with Gasteiger partial charge in [-0.15, -0.1) is 0 Å². The Labute approximate surface area is 152 Å². The summed E-state index contributed by atoms with van der Waals surface area (Å²) in [5.74, 6) is -1.79. The van der Waals surface area contributed by atoms with Crippen molar-refractivity contribution in [1.29, 1.82) is 5.26 Å². The molecule has 0 fully saturated rings. The van der Waals surface area contributed by atoms with E-state index in [1.165, 1.54) is 0 Å². The highest BCUT2D eigenvalue weighted by Gasteiger charge is 2.23. The Balaban J connectivity index is 2.47. The molecule has 0 radical (unpaired) electrons. The van der Waals surface area contributed by atoms with Gasteiger partial charge in [-0.25, -0.2) is 4.79 Å². The highest BCUT2D eigenvalue weighted by Crippen LogP contribution is 2.20. The Hall–Kier alpha value is -2.62. The van der Waals surface area contributed by atoms with Crippen LogP contribution >= 0.6 is 0 Å². The normalized spacial score (nSPS) is 15.1. The third-order valence-corrected chi connectivity index (χ3v) is 4.80. The lowest BCUT2D eigenvalue weighted by atomic mass is 9.95. The summed E-state index contributed by atoms with van der Waals surface area (Å²) in [4.78, 5) is 36.6. The SMILES string of the molecule is CC[C@H](NC(=O)c1cc2c(n(CCC#N)c1=O)CCCCCC2)C(=O)O. The number of amides is 1. The lowest BCUT2D eigenvalue weighted by Crippen LogP contribution is -2.43. The molecule has 1 aliphatic carbocycles. The molecule has 7 heteroatoms. The number of fused-ring (bicyclic) bond motifs is 1. The maximum atomic E-state index is 12.9. The number of carboxylic acids is 1. The van der Waals surface area contributed by atoms with Crippen molar-refractivity contribution in [2.45, 2.75) is 70.9 Å². The fraction of sp³-hybridized carbons (Fsp3) is 0.579. The highest BCUT2D eigenvalue weighted by atomic mass is 16.4. The Morgan fingerprint density at radius 1 is 1.31 bits per heavy atom. The zero-order valence-corrected chi connectivity index (χ0v) is 15.1. The van der Waals surface area contributed by atoms with Crippen molar-refractivity contribution in [2.75, 3.05) is 0 Å². The number of pyridine rings is 1. The second kappa shape index (κ2) is 9.18. The molecule has 140 valence electrons. The fourth-order valence-electron chi connectivity index (χ4n) is 3.37. The molecule has 26 heavy (non-hydrogen) atoms. The van der Waals surface area contributed by atoms with Gasteiger partial charge in [-0.3, -0.25) is 9.59 Å². The number of carbonyl (C=O) groups excluding carboxylic acids is 1. The van der Waals surface area contributed by atoms with Crippen LogP contribution in [0.25, 0.3) is 0 Å². The van der Waals surface area contributed by atoms with Crippen LogP contribution in [0.4, 0.5) is 0 Å². The summed E-state index contributed by atoms with van der Waals surface area (Å²) < 4.78 is 1.54. The van der Waals surface area contributed by atoms with Crippen molar-refractivity contribution in [3.8, 4) is 6.07 Å². The van der Waals surface area contributed by atoms with E-state index in [9.17, 15) is 14.4 Å². The number of carboxylic acid groups (broad SMARTS) is 1. The number of nitrogens with one attached hydrogen (secondary N) is 1. The average Bonchev–Trinajstić information content (AvgIpc) is 2.59. The van der Waals surface area contributed by atoms with Crippen molar-refractivity contribution in [3.63, 3.8) is 0 Å². The minimum Gasteiger partial charge on any atom is -0.480 e. The van der Waals surface area contributed by atoms with Crippen LogP contribution in [0.1, 0.15) is 67.1 Å². The van der Waals surface area contributed by atoms with Crippen molar-refractivity contribution in [3.05, 3.63) is 33.2 Å². The van der Waals surface area contributed by atoms with Gasteiger partial charge in [0.2, 0.25) is 0 Å². The van der Waals surface area contributed by atoms with Crippen LogP contribution in [-0.4, -0.2) is 27.6 Å². The Morgan fingerprint density at radius 2 is 2.00 bits per heavy atom. The summed E-state index contributed by atoms with van der Waals surface area (Å²) in [6.45, 7) is 1.90. The van der Waals surface area contributed by atoms with Crippen molar-refractivity contribution >= 4 is 11.9 Å². The second-order valence-corrected chi connectivity index (χ2v) is 6.58. The molecule has 2 rings (SSSR count). The molecule has 0 spiro atoms. The molecule has 1 aromatic heterocycles. The van der Waals surface area contributed by atoms with E-state index in [2.05, 4.69) is 5.32 Å². The number of nitrogens with zero attached hydrogens (tertiary/aromatic N) is 2. The molecular formula is C19H25N3O4. The van der Waals surface area contributed by atoms with Crippen LogP contribution in [0.15, 0.2) is 10.9 Å². The van der Waals surface area contributed by atoms with E-state index in [0.717, 1.165) is 49.8 Å². The molecule has 1 amide bonds. The molecule has 2 N–H and O–H groups in total. The van der Waals surface area contributed by atoms with Gasteiger partial charge < -0.3 is 15.0 Å². The zero-order chi connectivity index (χ0) is 19.1. The van der Waals surface area contributed by atoms with Gasteiger partial charge in [-0.2, -0.15) is 5.26 Å². The van der Waals surface area contributed by atoms with Crippen molar-refractivity contribution in [1.82, 2.24) is 9.88 Å². The van der Waals surface area contributed by atoms with E-state index in [0.29, 0.717) is 0 Å². The molecule has 0 unspecified atom stereocenters. The first-order chi connectivity index (χ1) is 12.5. The molecule has 0 saturated carbocycles. The van der Waals surface area contributed by atoms with Gasteiger partial charge in [0.25, 0.3) is 11.5 Å². The van der Waals surface area contributed by atoms with Crippen LogP contribution in [0, 0.1) is 11.3 Å². The predicted octanol–water partition coefficient (Wildman–Crippen LogP) is 2.01. The Kier molecular flexibility index (Phi) is 6.96. The molecule has 0 aromatic carbocycles. The summed E-state index contributed by atoms with van der Waals surface area (Å²) in [5, 5.41) is 20.5. The van der Waals surface area contributed by atoms with Crippen LogP contribution in [0.3, 0.4) is 0 Å². The average molecular weight is 359 g/mol. The first-order valence-electron chi connectivity index (χ1n) is 9.15. The number of hydrogen-bond donors (Lipinski definition) is 2. The van der Waals surface area contributed by atoms with Gasteiger partial charge in [0.15, 0.2) is 0 Å². The largest absolute Gasteiger partial charge is 0.480 e. The smallest absolute Gasteiger partial charge is 0.326 e. The molecule has 1 aromatic rings. The monoisotopic (exact) mass is 359 g/mol. The minimum atomic E-state index is -1.13. The number of aryl methyl sites for hydroxylation is 1. The zero-order valence-electron chi connectivity index (χ0n) is 15.1. The summed E-state index contributed by atoms with van der Waals surface area (Å²) >= 11 is 0. The van der Waals surface area contributed by atoms with Gasteiger partial charge in [0.1, 0.15) is 11.6 Å². The molecule has 0 aliphatic heterocycles. The Morgan fingerprint density at radius 3 is 2.62 bits per heavy atom. The molecule has 1 aliphatic rings. The first kappa shape index (κ1) is 19.7. The van der Waals surface area contributed by atoms with Crippen LogP contribution in [0.2, 0.25) is 0 Å². The van der Waals surface area contributed by atoms with E-state index >= 15 is 0 Å². The van der Waals surface area contributed by atoms with E-state index < -0.39 is 23.5 Å². The number of aromatic nitrogens is 1. The summed E-state index contributed by atoms with van der Waals surface area (Å²) in [7, 11) is 0. The summed E-state index contributed by atoms with van der Waals surface area (Å²) in [6.07, 6.45) is 6.11. The molecule has 0 bridgehead atoms. The number of nitriles is 1. The standard InChI is InChI=1S/C19H25N3O4/c1-2-15(19(25)26)21-17(23)14-12-13-8-5-3-4-6-9-16(13)22(18(14)24)11-7-10-20/h12,15H,2-9,11H2,1H3,(H,21,23)(H,25,26)/t15-/m0/s1. The van der Waals surface area contributed by atoms with Crippen LogP contribution in [0.5, 0.6) is 0 Å². The fourth-order valence-corrected chi connectivity index (χ4v) is 3.37. The maximum Gasteiger partial charge on any atom is 0.326 e. The number of carbonyl (C=O) groups is 2. The molecular weight excluding hydrogens is 334 g/mol. The third-order valence-electron chi connectivity index (χ3n) is 4.80. The van der Waals surface area contributed by atoms with Gasteiger partial charge >= 0.3 is 5.97 Å². The topological polar surface area (TPSA) is 112 Å². The van der Waals surface area contributed by atoms with Gasteiger partial charge in [-0.1, -0.05) is 19.8 Å². The van der Waals surface area contributed by atoms with Crippen molar-refractivity contribution < 1.29 is 14.7 Å². The lowest BCUT2D eigenvalue weighted by Gasteiger charge is -2.21. The van der Waals surface area contributed by atoms with Gasteiger partial charge in [0.05, 0.1) is 12.5 Å². The summed E-state index contributed by atoms with van der Waals surface area (Å²) in [5.41, 5.74) is 1.38. The van der Waals surface area contributed by atoms with Gasteiger partial charge in [-0.05, 0) is 43.7 Å². The predicted molar refractivity (Wildman–Crippen MR) is 96.0 cm³/mol. The second-order valence-electron chi connectivity index (χ2n) is 6.58. The number of aliphatic carboxylic acids is 1. The van der Waals surface area contributed by atoms with E-state index in [1.54, 1.807) is 17.6 Å². The quantitative estimate of drug-likeness (QED) is 0.807. The van der Waals surface area contributed by atoms with Gasteiger partial charge in [0, 0.05) is 12.2 Å². The van der Waals surface area contributed by atoms with Crippen LogP contribution < -0.4 is 10.9 Å². The van der Waals surface area contributed by atoms with E-state index in [1.807, 2.05) is 6.07 Å². The third kappa shape index (κ3) is 4.51. The summed E-state index contributed by atoms with van der Waals surface area (Å²) in [6, 6.07) is 2.63. The molecule has 0 saturated heterocycles. The minimum absolute atomic E-state index is 0.0398. The highest BCUT2D eigenvalue weighted by molar-refractivity contribution is 5.96. The van der Waals surface area contributed by atoms with Crippen molar-refractivity contribution in [2.24, 2.45) is 0 Å². The number of rotatable bonds is 6. The van der Waals surface area contributed by atoms with Crippen LogP contribution in [-0.2, 0) is 24.2 Å². The number of hydrogen-bond acceptors (Lipinski definition) is 4. The van der Waals surface area contributed by atoms with E-state index in [-0.39, 0.29) is 24.9 Å². The van der Waals surface area contributed by atoms with E-state index in [4.69, 9.17) is 10.4 Å².